The molecule has 8 aromatic carbocycles. The third-order valence-corrected chi connectivity index (χ3v) is 10.3. The molecule has 1 aromatic heterocycles. The maximum atomic E-state index is 6.20. The van der Waals surface area contributed by atoms with Gasteiger partial charge in [-0.1, -0.05) is 155 Å². The normalized spacial score (nSPS) is 11.2. The minimum absolute atomic E-state index is 0.883. The Bertz CT molecular complexity index is 2640. The van der Waals surface area contributed by atoms with Crippen LogP contribution >= 0.6 is 15.9 Å². The van der Waals surface area contributed by atoms with Gasteiger partial charge in [0.05, 0.1) is 0 Å². The molecule has 0 aliphatic heterocycles. The van der Waals surface area contributed by atoms with Crippen LogP contribution in [0.1, 0.15) is 0 Å². The Morgan fingerprint density at radius 2 is 0.804 bits per heavy atom. The monoisotopic (exact) mass is 717 g/mol. The van der Waals surface area contributed by atoms with Gasteiger partial charge in [-0.05, 0) is 99.1 Å². The molecule has 0 aliphatic rings. The highest BCUT2D eigenvalue weighted by Crippen LogP contribution is 2.43. The van der Waals surface area contributed by atoms with Crippen LogP contribution in [-0.2, 0) is 0 Å². The first-order valence-electron chi connectivity index (χ1n) is 17.1. The molecule has 3 heteroatoms. The largest absolute Gasteiger partial charge is 0.456 e. The number of nitrogens with zero attached hydrogens (tertiary/aromatic N) is 1. The quantitative estimate of drug-likeness (QED) is 0.163. The van der Waals surface area contributed by atoms with Crippen LogP contribution in [-0.4, -0.2) is 0 Å². The molecule has 0 amide bonds. The second-order valence-corrected chi connectivity index (χ2v) is 13.5. The minimum Gasteiger partial charge on any atom is -0.456 e. The van der Waals surface area contributed by atoms with Crippen molar-refractivity contribution in [3.05, 3.63) is 199 Å². The molecule has 0 atom stereocenters. The van der Waals surface area contributed by atoms with Crippen molar-refractivity contribution in [3.8, 4) is 44.5 Å². The van der Waals surface area contributed by atoms with Crippen LogP contribution in [0.2, 0.25) is 0 Å². The minimum atomic E-state index is 0.883. The maximum absolute atomic E-state index is 6.20. The van der Waals surface area contributed by atoms with Crippen LogP contribution in [0, 0.1) is 0 Å². The molecule has 9 rings (SSSR count). The predicted octanol–water partition coefficient (Wildman–Crippen LogP) is 14.5. The molecule has 0 unspecified atom stereocenters. The highest BCUT2D eigenvalue weighted by molar-refractivity contribution is 9.10. The van der Waals surface area contributed by atoms with Crippen molar-refractivity contribution < 1.29 is 4.42 Å². The summed E-state index contributed by atoms with van der Waals surface area (Å²) >= 11 is 3.79. The first kappa shape index (κ1) is 30.9. The second kappa shape index (κ2) is 13.3. The first-order valence-corrected chi connectivity index (χ1v) is 17.9. The predicted molar refractivity (Wildman–Crippen MR) is 218 cm³/mol. The number of fused-ring (bicyclic) bond motifs is 3. The summed E-state index contributed by atoms with van der Waals surface area (Å²) in [5, 5.41) is 2.21. The molecule has 0 aliphatic carbocycles. The fourth-order valence-electron chi connectivity index (χ4n) is 7.13. The molecule has 0 saturated carbocycles. The van der Waals surface area contributed by atoms with Crippen molar-refractivity contribution in [1.29, 1.82) is 0 Å². The summed E-state index contributed by atoms with van der Waals surface area (Å²) in [5.41, 5.74) is 14.5. The van der Waals surface area contributed by atoms with Crippen molar-refractivity contribution in [2.45, 2.75) is 0 Å². The Hall–Kier alpha value is -6.16. The van der Waals surface area contributed by atoms with E-state index in [-0.39, 0.29) is 0 Å². The van der Waals surface area contributed by atoms with Gasteiger partial charge in [0.1, 0.15) is 11.2 Å². The van der Waals surface area contributed by atoms with Crippen molar-refractivity contribution in [1.82, 2.24) is 0 Å². The van der Waals surface area contributed by atoms with E-state index in [0.717, 1.165) is 49.0 Å². The third-order valence-electron chi connectivity index (χ3n) is 9.60. The van der Waals surface area contributed by atoms with Gasteiger partial charge < -0.3 is 9.32 Å². The van der Waals surface area contributed by atoms with E-state index >= 15 is 0 Å². The number of hydrogen-bond donors (Lipinski definition) is 0. The number of rotatable bonds is 7. The molecule has 0 radical (unpaired) electrons. The van der Waals surface area contributed by atoms with Crippen LogP contribution in [0.4, 0.5) is 17.1 Å². The van der Waals surface area contributed by atoms with Gasteiger partial charge in [0, 0.05) is 32.3 Å². The number of furan rings is 1. The van der Waals surface area contributed by atoms with Gasteiger partial charge >= 0.3 is 0 Å². The second-order valence-electron chi connectivity index (χ2n) is 12.6. The Labute approximate surface area is 306 Å². The highest BCUT2D eigenvalue weighted by Gasteiger charge is 2.18. The van der Waals surface area contributed by atoms with E-state index in [9.17, 15) is 0 Å². The molecule has 9 aromatic rings. The lowest BCUT2D eigenvalue weighted by molar-refractivity contribution is 0.669. The number of anilines is 3. The smallest absolute Gasteiger partial charge is 0.135 e. The zero-order valence-corrected chi connectivity index (χ0v) is 29.3. The average Bonchev–Trinajstić information content (AvgIpc) is 3.57. The number of hydrogen-bond acceptors (Lipinski definition) is 2. The zero-order chi connectivity index (χ0) is 34.1. The molecule has 51 heavy (non-hydrogen) atoms. The van der Waals surface area contributed by atoms with Gasteiger partial charge in [-0.25, -0.2) is 0 Å². The van der Waals surface area contributed by atoms with Crippen molar-refractivity contribution in [3.63, 3.8) is 0 Å². The summed E-state index contributed by atoms with van der Waals surface area (Å²) in [4.78, 5) is 2.33. The summed E-state index contributed by atoms with van der Waals surface area (Å²) in [6.45, 7) is 0. The number of para-hydroxylation sites is 1. The van der Waals surface area contributed by atoms with Crippen molar-refractivity contribution >= 4 is 54.9 Å². The van der Waals surface area contributed by atoms with E-state index in [2.05, 4.69) is 203 Å². The fourth-order valence-corrected chi connectivity index (χ4v) is 7.62. The van der Waals surface area contributed by atoms with E-state index in [1.807, 2.05) is 12.1 Å². The van der Waals surface area contributed by atoms with Gasteiger partial charge in [0.2, 0.25) is 0 Å². The van der Waals surface area contributed by atoms with Crippen LogP contribution < -0.4 is 4.90 Å². The van der Waals surface area contributed by atoms with E-state index in [1.54, 1.807) is 0 Å². The molecule has 0 fully saturated rings. The molecular formula is C48H32BrNO. The zero-order valence-electron chi connectivity index (χ0n) is 27.7. The summed E-state index contributed by atoms with van der Waals surface area (Å²) < 4.78 is 7.28. The molecule has 242 valence electrons. The molecule has 0 N–H and O–H groups in total. The molecule has 1 heterocycles. The van der Waals surface area contributed by atoms with Crippen LogP contribution in [0.25, 0.3) is 66.4 Å². The van der Waals surface area contributed by atoms with E-state index in [1.165, 1.54) is 38.9 Å². The maximum Gasteiger partial charge on any atom is 0.135 e. The molecule has 0 bridgehead atoms. The number of benzene rings is 8. The van der Waals surface area contributed by atoms with Gasteiger partial charge in [0.15, 0.2) is 0 Å². The van der Waals surface area contributed by atoms with Crippen LogP contribution in [0.5, 0.6) is 0 Å². The topological polar surface area (TPSA) is 16.4 Å². The van der Waals surface area contributed by atoms with E-state index in [0.29, 0.717) is 0 Å². The van der Waals surface area contributed by atoms with E-state index < -0.39 is 0 Å². The molecule has 0 spiro atoms. The molecule has 0 saturated heterocycles. The SMILES string of the molecule is Brc1ccccc1-c1ccccc1-c1ccccc1-c1ccc(N(c2ccc(-c3ccccc3)cc2)c2ccc3oc4ccccc4c3c2)cc1. The highest BCUT2D eigenvalue weighted by atomic mass is 79.9. The Morgan fingerprint density at radius 3 is 1.49 bits per heavy atom. The Kier molecular flexibility index (Phi) is 8.04. The Morgan fingerprint density at radius 1 is 0.333 bits per heavy atom. The van der Waals surface area contributed by atoms with Gasteiger partial charge in [0.25, 0.3) is 0 Å². The lowest BCUT2D eigenvalue weighted by atomic mass is 9.89. The first-order chi connectivity index (χ1) is 25.2. The molecular weight excluding hydrogens is 686 g/mol. The standard InChI is InChI=1S/C48H32BrNO/c49-46-20-10-8-18-43(46)42-17-7-6-16-41(42)40-15-5-4-14-39(40)35-24-28-37(29-25-35)50(36-26-22-34(23-27-36)33-12-2-1-3-13-33)38-30-31-48-45(32-38)44-19-9-11-21-47(44)51-48/h1-32H. The van der Waals surface area contributed by atoms with Crippen LogP contribution in [0.15, 0.2) is 203 Å². The van der Waals surface area contributed by atoms with Gasteiger partial charge in [-0.15, -0.1) is 0 Å². The number of halogens is 1. The Balaban J connectivity index is 1.15. The average molecular weight is 719 g/mol. The van der Waals surface area contributed by atoms with Gasteiger partial charge in [-0.2, -0.15) is 0 Å². The fraction of sp³-hybridized carbons (Fsp3) is 0. The van der Waals surface area contributed by atoms with Crippen LogP contribution in [0.3, 0.4) is 0 Å². The summed E-state index contributed by atoms with van der Waals surface area (Å²) in [7, 11) is 0. The lowest BCUT2D eigenvalue weighted by Gasteiger charge is -2.26. The summed E-state index contributed by atoms with van der Waals surface area (Å²) in [5.74, 6) is 0. The third kappa shape index (κ3) is 5.82. The summed E-state index contributed by atoms with van der Waals surface area (Å²) in [6, 6.07) is 68.8. The summed E-state index contributed by atoms with van der Waals surface area (Å²) in [6.07, 6.45) is 0. The molecule has 2 nitrogen and oxygen atoms in total. The van der Waals surface area contributed by atoms with Gasteiger partial charge in [-0.3, -0.25) is 0 Å². The van der Waals surface area contributed by atoms with Crippen molar-refractivity contribution in [2.75, 3.05) is 4.90 Å². The lowest BCUT2D eigenvalue weighted by Crippen LogP contribution is -2.09. The van der Waals surface area contributed by atoms with E-state index in [4.69, 9.17) is 4.42 Å². The van der Waals surface area contributed by atoms with Crippen molar-refractivity contribution in [2.24, 2.45) is 0 Å².